The van der Waals surface area contributed by atoms with Crippen LogP contribution in [0.4, 0.5) is 13.2 Å². The number of halogens is 3. The van der Waals surface area contributed by atoms with Gasteiger partial charge in [-0.15, -0.1) is 0 Å². The first kappa shape index (κ1) is 20.1. The quantitative estimate of drug-likeness (QED) is 0.638. The number of methoxy groups -OCH3 is 1. The molecule has 0 unspecified atom stereocenters. The van der Waals surface area contributed by atoms with Gasteiger partial charge in [0.05, 0.1) is 7.11 Å². The third-order valence-corrected chi connectivity index (χ3v) is 3.92. The minimum Gasteiger partial charge on any atom is -0.497 e. The van der Waals surface area contributed by atoms with Gasteiger partial charge < -0.3 is 14.6 Å². The number of hydrogen-bond donors (Lipinski definition) is 1. The van der Waals surface area contributed by atoms with E-state index in [0.29, 0.717) is 11.3 Å². The van der Waals surface area contributed by atoms with Gasteiger partial charge in [0.15, 0.2) is 0 Å². The zero-order chi connectivity index (χ0) is 20.2. The largest absolute Gasteiger partial charge is 0.497 e. The molecule has 0 saturated carbocycles. The number of aryl methyl sites for hydroxylation is 1. The molecule has 0 radical (unpaired) electrons. The molecule has 5 nitrogen and oxygen atoms in total. The van der Waals surface area contributed by atoms with Gasteiger partial charge in [-0.3, -0.25) is 4.79 Å². The lowest BCUT2D eigenvalue weighted by atomic mass is 10.1. The number of nitriles is 1. The smallest absolute Gasteiger partial charge is 0.405 e. The minimum absolute atomic E-state index is 0.394. The van der Waals surface area contributed by atoms with Crippen molar-refractivity contribution in [1.82, 2.24) is 9.88 Å². The van der Waals surface area contributed by atoms with Crippen LogP contribution in [0.2, 0.25) is 0 Å². The summed E-state index contributed by atoms with van der Waals surface area (Å²) in [4.78, 5) is 11.8. The summed E-state index contributed by atoms with van der Waals surface area (Å²) in [6.45, 7) is 2.16. The number of alkyl halides is 3. The summed E-state index contributed by atoms with van der Waals surface area (Å²) in [6, 6.07) is 10.7. The maximum Gasteiger partial charge on any atom is 0.405 e. The zero-order valence-electron chi connectivity index (χ0n) is 15.0. The number of amides is 1. The first-order chi connectivity index (χ1) is 12.7. The fraction of sp³-hybridized carbons (Fsp3) is 0.263. The average Bonchev–Trinajstić information content (AvgIpc) is 2.90. The third-order valence-electron chi connectivity index (χ3n) is 3.92. The number of aromatic nitrogens is 1. The molecule has 0 saturated heterocycles. The highest BCUT2D eigenvalue weighted by Crippen LogP contribution is 2.24. The number of carbonyl (C=O) groups is 1. The molecule has 1 aromatic heterocycles. The van der Waals surface area contributed by atoms with Gasteiger partial charge >= 0.3 is 6.18 Å². The number of nitrogens with zero attached hydrogens (tertiary/aromatic N) is 2. The second kappa shape index (κ2) is 7.99. The molecular formula is C19H18F3N3O2. The standard InChI is InChI=1S/C19H18F3N3O2/c1-12-8-14(9-15(10-23)18(26)24-11-19(20,21)22)13(2)25(12)16-4-6-17(27-3)7-5-16/h4-9H,11H2,1-3H3,(H,24,26)/b15-9-. The summed E-state index contributed by atoms with van der Waals surface area (Å²) in [5.74, 6) is -0.362. The summed E-state index contributed by atoms with van der Waals surface area (Å²) in [6.07, 6.45) is -3.26. The molecular weight excluding hydrogens is 359 g/mol. The van der Waals surface area contributed by atoms with Crippen LogP contribution in [0, 0.1) is 25.2 Å². The molecule has 0 bridgehead atoms. The van der Waals surface area contributed by atoms with Crippen molar-refractivity contribution >= 4 is 12.0 Å². The number of nitrogens with one attached hydrogen (secondary N) is 1. The van der Waals surface area contributed by atoms with Gasteiger partial charge in [0.25, 0.3) is 5.91 Å². The molecule has 0 atom stereocenters. The van der Waals surface area contributed by atoms with Crippen molar-refractivity contribution in [1.29, 1.82) is 5.26 Å². The summed E-state index contributed by atoms with van der Waals surface area (Å²) in [7, 11) is 1.57. The Hall–Kier alpha value is -3.21. The van der Waals surface area contributed by atoms with E-state index in [1.165, 1.54) is 6.08 Å². The fourth-order valence-electron chi connectivity index (χ4n) is 2.64. The van der Waals surface area contributed by atoms with Crippen molar-refractivity contribution in [2.24, 2.45) is 0 Å². The third kappa shape index (κ3) is 4.91. The normalized spacial score (nSPS) is 11.8. The van der Waals surface area contributed by atoms with E-state index < -0.39 is 24.2 Å². The lowest BCUT2D eigenvalue weighted by Gasteiger charge is -2.10. The van der Waals surface area contributed by atoms with E-state index >= 15 is 0 Å². The van der Waals surface area contributed by atoms with Crippen LogP contribution >= 0.6 is 0 Å². The number of hydrogen-bond acceptors (Lipinski definition) is 3. The average molecular weight is 377 g/mol. The first-order valence-corrected chi connectivity index (χ1v) is 7.96. The SMILES string of the molecule is COc1ccc(-n2c(C)cc(/C=C(/C#N)C(=O)NCC(F)(F)F)c2C)cc1. The first-order valence-electron chi connectivity index (χ1n) is 7.96. The summed E-state index contributed by atoms with van der Waals surface area (Å²) in [5, 5.41) is 10.9. The lowest BCUT2D eigenvalue weighted by Crippen LogP contribution is -2.34. The van der Waals surface area contributed by atoms with Crippen LogP contribution in [0.5, 0.6) is 5.75 Å². The van der Waals surface area contributed by atoms with Gasteiger partial charge in [-0.2, -0.15) is 18.4 Å². The van der Waals surface area contributed by atoms with E-state index in [1.807, 2.05) is 23.6 Å². The molecule has 8 heteroatoms. The second-order valence-electron chi connectivity index (χ2n) is 5.83. The van der Waals surface area contributed by atoms with Gasteiger partial charge in [0, 0.05) is 17.1 Å². The van der Waals surface area contributed by atoms with E-state index in [9.17, 15) is 18.0 Å². The van der Waals surface area contributed by atoms with Crippen molar-refractivity contribution in [3.05, 3.63) is 52.9 Å². The molecule has 0 aliphatic heterocycles. The highest BCUT2D eigenvalue weighted by atomic mass is 19.4. The highest BCUT2D eigenvalue weighted by Gasteiger charge is 2.28. The minimum atomic E-state index is -4.54. The number of carbonyl (C=O) groups excluding carboxylic acids is 1. The Kier molecular flexibility index (Phi) is 5.95. The van der Waals surface area contributed by atoms with Gasteiger partial charge in [0.1, 0.15) is 23.9 Å². The number of ether oxygens (including phenoxy) is 1. The molecule has 1 heterocycles. The molecule has 142 valence electrons. The summed E-state index contributed by atoms with van der Waals surface area (Å²) < 4.78 is 43.8. The van der Waals surface area contributed by atoms with E-state index in [0.717, 1.165) is 17.1 Å². The van der Waals surface area contributed by atoms with E-state index in [1.54, 1.807) is 43.6 Å². The van der Waals surface area contributed by atoms with Crippen LogP contribution in [-0.2, 0) is 4.79 Å². The van der Waals surface area contributed by atoms with Crippen LogP contribution in [0.1, 0.15) is 17.0 Å². The van der Waals surface area contributed by atoms with Crippen molar-refractivity contribution in [2.45, 2.75) is 20.0 Å². The highest BCUT2D eigenvalue weighted by molar-refractivity contribution is 6.01. The molecule has 0 aliphatic rings. The van der Waals surface area contributed by atoms with Crippen LogP contribution in [0.25, 0.3) is 11.8 Å². The Bertz CT molecular complexity index is 904. The lowest BCUT2D eigenvalue weighted by molar-refractivity contribution is -0.136. The summed E-state index contributed by atoms with van der Waals surface area (Å²) >= 11 is 0. The Morgan fingerprint density at radius 3 is 2.44 bits per heavy atom. The molecule has 2 rings (SSSR count). The molecule has 27 heavy (non-hydrogen) atoms. The predicted molar refractivity (Wildman–Crippen MR) is 94.4 cm³/mol. The van der Waals surface area contributed by atoms with Crippen molar-refractivity contribution in [3.8, 4) is 17.5 Å². The number of rotatable bonds is 5. The Morgan fingerprint density at radius 2 is 1.93 bits per heavy atom. The van der Waals surface area contributed by atoms with E-state index in [-0.39, 0.29) is 0 Å². The molecule has 0 aliphatic carbocycles. The molecule has 1 amide bonds. The van der Waals surface area contributed by atoms with Crippen LogP contribution in [0.3, 0.4) is 0 Å². The van der Waals surface area contributed by atoms with Crippen LogP contribution in [0.15, 0.2) is 35.9 Å². The Labute approximate surface area is 154 Å². The van der Waals surface area contributed by atoms with Gasteiger partial charge in [-0.05, 0) is 55.8 Å². The number of benzene rings is 1. The van der Waals surface area contributed by atoms with Crippen molar-refractivity contribution < 1.29 is 22.7 Å². The molecule has 2 aromatic rings. The Morgan fingerprint density at radius 1 is 1.30 bits per heavy atom. The topological polar surface area (TPSA) is 67.0 Å². The molecule has 1 aromatic carbocycles. The molecule has 0 fully saturated rings. The van der Waals surface area contributed by atoms with Crippen molar-refractivity contribution in [2.75, 3.05) is 13.7 Å². The van der Waals surface area contributed by atoms with Crippen LogP contribution < -0.4 is 10.1 Å². The monoisotopic (exact) mass is 377 g/mol. The molecule has 0 spiro atoms. The fourth-order valence-corrected chi connectivity index (χ4v) is 2.64. The predicted octanol–water partition coefficient (Wildman–Crippen LogP) is 3.69. The maximum absolute atomic E-state index is 12.2. The second-order valence-corrected chi connectivity index (χ2v) is 5.83. The molecule has 1 N–H and O–H groups in total. The maximum atomic E-state index is 12.2. The van der Waals surface area contributed by atoms with Crippen LogP contribution in [-0.4, -0.2) is 30.3 Å². The Balaban J connectivity index is 2.34. The zero-order valence-corrected chi connectivity index (χ0v) is 15.0. The van der Waals surface area contributed by atoms with Gasteiger partial charge in [-0.25, -0.2) is 0 Å². The summed E-state index contributed by atoms with van der Waals surface area (Å²) in [5.41, 5.74) is 2.62. The van der Waals surface area contributed by atoms with Gasteiger partial charge in [0.2, 0.25) is 0 Å². The van der Waals surface area contributed by atoms with Crippen molar-refractivity contribution in [3.63, 3.8) is 0 Å². The van der Waals surface area contributed by atoms with E-state index in [2.05, 4.69) is 0 Å². The van der Waals surface area contributed by atoms with E-state index in [4.69, 9.17) is 10.00 Å². The van der Waals surface area contributed by atoms with Gasteiger partial charge in [-0.1, -0.05) is 0 Å².